The molecule has 7 heteroatoms. The Morgan fingerprint density at radius 2 is 2.09 bits per heavy atom. The third-order valence-electron chi connectivity index (χ3n) is 3.85. The van der Waals surface area contributed by atoms with Gasteiger partial charge in [0.05, 0.1) is 20.3 Å². The number of hydrogen-bond donors (Lipinski definition) is 0. The average molecular weight is 326 g/mol. The molecule has 0 bridgehead atoms. The van der Waals surface area contributed by atoms with Gasteiger partial charge in [0.15, 0.2) is 5.69 Å². The molecule has 1 aromatic heterocycles. The number of esters is 1. The highest BCUT2D eigenvalue weighted by Gasteiger charge is 2.27. The van der Waals surface area contributed by atoms with Gasteiger partial charge in [0.2, 0.25) is 5.91 Å². The van der Waals surface area contributed by atoms with Gasteiger partial charge in [-0.25, -0.2) is 9.78 Å². The van der Waals surface area contributed by atoms with E-state index in [1.807, 2.05) is 0 Å². The molecule has 1 aliphatic carbocycles. The maximum Gasteiger partial charge on any atom is 0.357 e. The molecule has 0 atom stereocenters. The number of carbonyl (C=O) groups is 2. The summed E-state index contributed by atoms with van der Waals surface area (Å²) in [5.74, 6) is -0.158. The summed E-state index contributed by atoms with van der Waals surface area (Å²) < 4.78 is 9.75. The van der Waals surface area contributed by atoms with Crippen LogP contribution in [0.2, 0.25) is 0 Å². The molecule has 0 unspecified atom stereocenters. The summed E-state index contributed by atoms with van der Waals surface area (Å²) >= 11 is 1.37. The third kappa shape index (κ3) is 4.27. The Morgan fingerprint density at radius 3 is 2.73 bits per heavy atom. The lowest BCUT2D eigenvalue weighted by molar-refractivity contribution is -0.136. The molecule has 0 radical (unpaired) electrons. The molecule has 0 aromatic carbocycles. The number of methoxy groups -OCH3 is 2. The molecule has 1 aromatic rings. The summed E-state index contributed by atoms with van der Waals surface area (Å²) in [6, 6.07) is 0. The highest BCUT2D eigenvalue weighted by Crippen LogP contribution is 2.27. The minimum atomic E-state index is -0.451. The standard InChI is InChI=1S/C15H22N2O4S/c1-20-8-7-17(14(18)11-5-3-4-6-11)9-13-16-12(10-22-13)15(19)21-2/h10-11H,3-9H2,1-2H3. The monoisotopic (exact) mass is 326 g/mol. The van der Waals surface area contributed by atoms with Crippen LogP contribution >= 0.6 is 11.3 Å². The van der Waals surface area contributed by atoms with Crippen molar-refractivity contribution in [3.8, 4) is 0 Å². The minimum Gasteiger partial charge on any atom is -0.464 e. The van der Waals surface area contributed by atoms with Crippen molar-refractivity contribution < 1.29 is 19.1 Å². The van der Waals surface area contributed by atoms with Gasteiger partial charge in [0.25, 0.3) is 0 Å². The molecule has 1 heterocycles. The van der Waals surface area contributed by atoms with Crippen molar-refractivity contribution in [1.82, 2.24) is 9.88 Å². The molecule has 0 N–H and O–H groups in total. The topological polar surface area (TPSA) is 68.7 Å². The lowest BCUT2D eigenvalue weighted by Gasteiger charge is -2.24. The predicted molar refractivity (Wildman–Crippen MR) is 82.7 cm³/mol. The Morgan fingerprint density at radius 1 is 1.36 bits per heavy atom. The van der Waals surface area contributed by atoms with Gasteiger partial charge < -0.3 is 14.4 Å². The molecule has 1 fully saturated rings. The Hall–Kier alpha value is -1.47. The summed E-state index contributed by atoms with van der Waals surface area (Å²) in [7, 11) is 2.95. The molecule has 1 amide bonds. The summed E-state index contributed by atoms with van der Waals surface area (Å²) in [6.07, 6.45) is 4.18. The van der Waals surface area contributed by atoms with Crippen LogP contribution in [0.3, 0.4) is 0 Å². The van der Waals surface area contributed by atoms with Crippen molar-refractivity contribution in [2.45, 2.75) is 32.2 Å². The van der Waals surface area contributed by atoms with E-state index in [1.54, 1.807) is 17.4 Å². The van der Waals surface area contributed by atoms with Crippen LogP contribution in [0, 0.1) is 5.92 Å². The Balaban J connectivity index is 2.03. The van der Waals surface area contributed by atoms with Crippen molar-refractivity contribution in [1.29, 1.82) is 0 Å². The Bertz CT molecular complexity index is 511. The van der Waals surface area contributed by atoms with E-state index in [9.17, 15) is 9.59 Å². The zero-order valence-corrected chi connectivity index (χ0v) is 13.9. The van der Waals surface area contributed by atoms with E-state index in [2.05, 4.69) is 9.72 Å². The van der Waals surface area contributed by atoms with Crippen LogP contribution in [-0.4, -0.2) is 49.1 Å². The quantitative estimate of drug-likeness (QED) is 0.718. The van der Waals surface area contributed by atoms with Crippen LogP contribution < -0.4 is 0 Å². The first-order chi connectivity index (χ1) is 10.7. The van der Waals surface area contributed by atoms with Crippen LogP contribution in [0.1, 0.15) is 41.2 Å². The normalized spacial score (nSPS) is 15.0. The lowest BCUT2D eigenvalue weighted by atomic mass is 10.1. The van der Waals surface area contributed by atoms with Gasteiger partial charge in [-0.05, 0) is 12.8 Å². The van der Waals surface area contributed by atoms with Gasteiger partial charge in [0, 0.05) is 25.0 Å². The number of rotatable bonds is 7. The van der Waals surface area contributed by atoms with E-state index < -0.39 is 5.97 Å². The highest BCUT2D eigenvalue weighted by molar-refractivity contribution is 7.09. The van der Waals surface area contributed by atoms with E-state index in [1.165, 1.54) is 18.4 Å². The fourth-order valence-corrected chi connectivity index (χ4v) is 3.42. The number of ether oxygens (including phenoxy) is 2. The first-order valence-electron chi connectivity index (χ1n) is 7.46. The predicted octanol–water partition coefficient (Wildman–Crippen LogP) is 2.09. The van der Waals surface area contributed by atoms with Gasteiger partial charge >= 0.3 is 5.97 Å². The van der Waals surface area contributed by atoms with Crippen LogP contribution in [-0.2, 0) is 20.8 Å². The first-order valence-corrected chi connectivity index (χ1v) is 8.34. The van der Waals surface area contributed by atoms with Gasteiger partial charge in [-0.2, -0.15) is 0 Å². The summed E-state index contributed by atoms with van der Waals surface area (Å²) in [4.78, 5) is 30.1. The molecule has 0 aliphatic heterocycles. The second-order valence-corrected chi connectivity index (χ2v) is 6.29. The summed E-state index contributed by atoms with van der Waals surface area (Å²) in [6.45, 7) is 1.45. The summed E-state index contributed by atoms with van der Waals surface area (Å²) in [5.41, 5.74) is 0.294. The van der Waals surface area contributed by atoms with Crippen LogP contribution in [0.5, 0.6) is 0 Å². The zero-order chi connectivity index (χ0) is 15.9. The maximum atomic E-state index is 12.6. The molecule has 1 aliphatic rings. The van der Waals surface area contributed by atoms with Crippen molar-refractivity contribution in [2.24, 2.45) is 5.92 Å². The van der Waals surface area contributed by atoms with Crippen LogP contribution in [0.4, 0.5) is 0 Å². The van der Waals surface area contributed by atoms with Crippen molar-refractivity contribution in [2.75, 3.05) is 27.4 Å². The van der Waals surface area contributed by atoms with Crippen LogP contribution in [0.15, 0.2) is 5.38 Å². The van der Waals surface area contributed by atoms with Gasteiger partial charge in [-0.1, -0.05) is 12.8 Å². The minimum absolute atomic E-state index is 0.122. The molecule has 6 nitrogen and oxygen atoms in total. The average Bonchev–Trinajstić information content (AvgIpc) is 3.21. The van der Waals surface area contributed by atoms with E-state index in [0.717, 1.165) is 30.7 Å². The second kappa shape index (κ2) is 8.24. The molecule has 122 valence electrons. The van der Waals surface area contributed by atoms with Gasteiger partial charge in [-0.3, -0.25) is 4.79 Å². The molecule has 2 rings (SSSR count). The maximum absolute atomic E-state index is 12.6. The zero-order valence-electron chi connectivity index (χ0n) is 13.0. The van der Waals surface area contributed by atoms with E-state index >= 15 is 0 Å². The second-order valence-electron chi connectivity index (χ2n) is 5.35. The summed E-state index contributed by atoms with van der Waals surface area (Å²) in [5, 5.41) is 2.40. The SMILES string of the molecule is COCCN(Cc1nc(C(=O)OC)cs1)C(=O)C1CCCC1. The fourth-order valence-electron chi connectivity index (χ4n) is 2.64. The number of carbonyl (C=O) groups excluding carboxylic acids is 2. The largest absolute Gasteiger partial charge is 0.464 e. The number of thiazole rings is 1. The van der Waals surface area contributed by atoms with Gasteiger partial charge in [0.1, 0.15) is 5.01 Å². The molecule has 1 saturated carbocycles. The highest BCUT2D eigenvalue weighted by atomic mass is 32.1. The third-order valence-corrected chi connectivity index (χ3v) is 4.69. The van der Waals surface area contributed by atoms with E-state index in [0.29, 0.717) is 25.4 Å². The lowest BCUT2D eigenvalue weighted by Crippen LogP contribution is -2.37. The number of aromatic nitrogens is 1. The van der Waals surface area contributed by atoms with E-state index in [4.69, 9.17) is 4.74 Å². The first kappa shape index (κ1) is 16.9. The smallest absolute Gasteiger partial charge is 0.357 e. The Labute approximate surface area is 134 Å². The van der Waals surface area contributed by atoms with Crippen molar-refractivity contribution in [3.05, 3.63) is 16.1 Å². The molecule has 0 saturated heterocycles. The molecular formula is C15H22N2O4S. The number of hydrogen-bond acceptors (Lipinski definition) is 6. The molecule has 0 spiro atoms. The fraction of sp³-hybridized carbons (Fsp3) is 0.667. The van der Waals surface area contributed by atoms with Crippen LogP contribution in [0.25, 0.3) is 0 Å². The molecule has 22 heavy (non-hydrogen) atoms. The van der Waals surface area contributed by atoms with Gasteiger partial charge in [-0.15, -0.1) is 11.3 Å². The number of amides is 1. The number of nitrogens with zero attached hydrogens (tertiary/aromatic N) is 2. The molecular weight excluding hydrogens is 304 g/mol. The van der Waals surface area contributed by atoms with E-state index in [-0.39, 0.29) is 11.8 Å². The van der Waals surface area contributed by atoms with Crippen molar-refractivity contribution >= 4 is 23.2 Å². The Kier molecular flexibility index (Phi) is 6.33. The van der Waals surface area contributed by atoms with Crippen molar-refractivity contribution in [3.63, 3.8) is 0 Å².